The van der Waals surface area contributed by atoms with Crippen LogP contribution in [0, 0.1) is 0 Å². The Morgan fingerprint density at radius 2 is 1.50 bits per heavy atom. The van der Waals surface area contributed by atoms with Crippen molar-refractivity contribution in [2.75, 3.05) is 33.0 Å². The molecule has 0 heterocycles. The van der Waals surface area contributed by atoms with Crippen LogP contribution >= 0.6 is 0 Å². The van der Waals surface area contributed by atoms with Crippen molar-refractivity contribution in [3.05, 3.63) is 52.6 Å². The molecule has 0 radical (unpaired) electrons. The molecule has 0 spiro atoms. The summed E-state index contributed by atoms with van der Waals surface area (Å²) in [7, 11) is 0. The van der Waals surface area contributed by atoms with Gasteiger partial charge < -0.3 is 29.5 Å². The number of hydrogen-bond donors (Lipinski definition) is 3. The van der Waals surface area contributed by atoms with E-state index < -0.39 is 6.10 Å². The van der Waals surface area contributed by atoms with Gasteiger partial charge in [0.2, 0.25) is 0 Å². The molecule has 2 aromatic rings. The summed E-state index contributed by atoms with van der Waals surface area (Å²) in [6.07, 6.45) is 11.2. The number of aryl methyl sites for hydroxylation is 1. The topological polar surface area (TPSA) is 88.4 Å². The molecule has 1 atom stereocenters. The molecular formula is C32H48O6. The summed E-state index contributed by atoms with van der Waals surface area (Å²) in [5.74, 6) is 2.55. The summed E-state index contributed by atoms with van der Waals surface area (Å²) in [4.78, 5) is 0. The van der Waals surface area contributed by atoms with E-state index in [1.807, 2.05) is 12.1 Å². The second kappa shape index (κ2) is 17.3. The van der Waals surface area contributed by atoms with Gasteiger partial charge in [0.15, 0.2) is 0 Å². The normalized spacial score (nSPS) is 13.7. The lowest BCUT2D eigenvalue weighted by molar-refractivity contribution is 0.154. The Balaban J connectivity index is 1.64. The molecule has 0 fully saturated rings. The number of aliphatic hydroxyl groups is 3. The highest BCUT2D eigenvalue weighted by Crippen LogP contribution is 2.38. The second-order valence-electron chi connectivity index (χ2n) is 10.2. The van der Waals surface area contributed by atoms with E-state index in [9.17, 15) is 5.11 Å². The minimum absolute atomic E-state index is 0.141. The van der Waals surface area contributed by atoms with Gasteiger partial charge in [-0.05, 0) is 87.1 Å². The number of unbranched alkanes of at least 4 members (excludes halogenated alkanes) is 3. The molecule has 1 unspecified atom stereocenters. The number of hydrogen-bond acceptors (Lipinski definition) is 6. The van der Waals surface area contributed by atoms with Gasteiger partial charge in [0.05, 0.1) is 25.9 Å². The minimum atomic E-state index is -0.628. The first-order valence-electron chi connectivity index (χ1n) is 14.7. The first-order chi connectivity index (χ1) is 18.7. The lowest BCUT2D eigenvalue weighted by atomic mass is 9.91. The molecule has 1 aliphatic carbocycles. The number of rotatable bonds is 19. The van der Waals surface area contributed by atoms with Crippen LogP contribution in [0.2, 0.25) is 0 Å². The van der Waals surface area contributed by atoms with Crippen molar-refractivity contribution in [2.45, 2.75) is 96.5 Å². The van der Waals surface area contributed by atoms with Crippen molar-refractivity contribution >= 4 is 0 Å². The Bertz CT molecular complexity index is 944. The maximum Gasteiger partial charge on any atom is 0.131 e. The van der Waals surface area contributed by atoms with Crippen molar-refractivity contribution in [3.8, 4) is 17.2 Å². The zero-order valence-electron chi connectivity index (χ0n) is 23.3. The van der Waals surface area contributed by atoms with E-state index in [0.29, 0.717) is 32.7 Å². The maximum atomic E-state index is 11.0. The summed E-state index contributed by atoms with van der Waals surface area (Å²) < 4.78 is 18.6. The van der Waals surface area contributed by atoms with Crippen LogP contribution < -0.4 is 14.2 Å². The summed E-state index contributed by atoms with van der Waals surface area (Å²) in [6.45, 7) is 4.09. The first-order valence-corrected chi connectivity index (χ1v) is 14.7. The maximum absolute atomic E-state index is 11.0. The number of benzene rings is 2. The summed E-state index contributed by atoms with van der Waals surface area (Å²) in [5.41, 5.74) is 4.60. The van der Waals surface area contributed by atoms with Crippen molar-refractivity contribution < 1.29 is 29.5 Å². The molecule has 3 N–H and O–H groups in total. The highest BCUT2D eigenvalue weighted by atomic mass is 16.5. The first kappa shape index (κ1) is 30.3. The summed E-state index contributed by atoms with van der Waals surface area (Å²) in [6, 6.07) is 10.3. The van der Waals surface area contributed by atoms with Gasteiger partial charge in [-0.15, -0.1) is 0 Å². The quantitative estimate of drug-likeness (QED) is 0.191. The molecule has 2 aromatic carbocycles. The van der Waals surface area contributed by atoms with Crippen molar-refractivity contribution in [3.63, 3.8) is 0 Å². The van der Waals surface area contributed by atoms with Crippen LogP contribution in [0.15, 0.2) is 30.3 Å². The Labute approximate surface area is 229 Å². The Kier molecular flexibility index (Phi) is 13.8. The average Bonchev–Trinajstić information content (AvgIpc) is 2.94. The highest BCUT2D eigenvalue weighted by Gasteiger charge is 2.21. The fraction of sp³-hybridized carbons (Fsp3) is 0.625. The molecule has 38 heavy (non-hydrogen) atoms. The predicted octanol–water partition coefficient (Wildman–Crippen LogP) is 6.10. The van der Waals surface area contributed by atoms with Crippen LogP contribution in [0.1, 0.15) is 99.5 Å². The van der Waals surface area contributed by atoms with Crippen LogP contribution in [-0.4, -0.2) is 48.4 Å². The molecule has 0 saturated heterocycles. The molecule has 0 aromatic heterocycles. The molecule has 3 rings (SSSR count). The molecule has 0 saturated carbocycles. The van der Waals surface area contributed by atoms with E-state index in [2.05, 4.69) is 25.1 Å². The number of fused-ring (bicyclic) bond motifs is 1. The number of ether oxygens (including phenoxy) is 3. The van der Waals surface area contributed by atoms with E-state index in [0.717, 1.165) is 86.2 Å². The summed E-state index contributed by atoms with van der Waals surface area (Å²) in [5, 5.41) is 29.2. The third-order valence-corrected chi connectivity index (χ3v) is 7.20. The second-order valence-corrected chi connectivity index (χ2v) is 10.2. The zero-order chi connectivity index (χ0) is 27.0. The average molecular weight is 529 g/mol. The minimum Gasteiger partial charge on any atom is -0.493 e. The fourth-order valence-corrected chi connectivity index (χ4v) is 5.16. The Hall–Kier alpha value is -2.28. The molecule has 0 aliphatic heterocycles. The van der Waals surface area contributed by atoms with Gasteiger partial charge in [0.25, 0.3) is 0 Å². The zero-order valence-corrected chi connectivity index (χ0v) is 23.3. The van der Waals surface area contributed by atoms with Gasteiger partial charge in [-0.3, -0.25) is 0 Å². The van der Waals surface area contributed by atoms with E-state index in [1.54, 1.807) is 0 Å². The lowest BCUT2D eigenvalue weighted by Crippen LogP contribution is -2.11. The molecule has 0 bridgehead atoms. The van der Waals surface area contributed by atoms with Crippen LogP contribution in [0.3, 0.4) is 0 Å². The van der Waals surface area contributed by atoms with Crippen LogP contribution in [0.4, 0.5) is 0 Å². The molecular weight excluding hydrogens is 480 g/mol. The van der Waals surface area contributed by atoms with Gasteiger partial charge >= 0.3 is 0 Å². The van der Waals surface area contributed by atoms with E-state index in [1.165, 1.54) is 24.0 Å². The van der Waals surface area contributed by atoms with E-state index >= 15 is 0 Å². The van der Waals surface area contributed by atoms with E-state index in [-0.39, 0.29) is 13.2 Å². The van der Waals surface area contributed by atoms with Crippen molar-refractivity contribution in [1.82, 2.24) is 0 Å². The third kappa shape index (κ3) is 9.18. The lowest BCUT2D eigenvalue weighted by Gasteiger charge is -2.22. The van der Waals surface area contributed by atoms with Crippen molar-refractivity contribution in [2.24, 2.45) is 0 Å². The molecule has 1 aliphatic rings. The van der Waals surface area contributed by atoms with Gasteiger partial charge in [0, 0.05) is 30.8 Å². The molecule has 6 nitrogen and oxygen atoms in total. The van der Waals surface area contributed by atoms with Crippen molar-refractivity contribution in [1.29, 1.82) is 0 Å². The van der Waals surface area contributed by atoms with Crippen LogP contribution in [0.5, 0.6) is 17.2 Å². The standard InChI is InChI=1S/C32H48O6/c1-2-12-28-31(37-24-11-23-36-30-17-10-14-25-13-5-6-15-26(25)30)19-18-27(29(35)16-4-3-7-20-33)32(28)38-22-9-8-21-34/h10,14,17-19,29,33-35H,2-9,11-13,15-16,20-24H2,1H3. The Morgan fingerprint density at radius 3 is 2.29 bits per heavy atom. The summed E-state index contributed by atoms with van der Waals surface area (Å²) >= 11 is 0. The van der Waals surface area contributed by atoms with Crippen LogP contribution in [0.25, 0.3) is 0 Å². The molecule has 6 heteroatoms. The monoisotopic (exact) mass is 528 g/mol. The van der Waals surface area contributed by atoms with E-state index in [4.69, 9.17) is 24.4 Å². The number of aliphatic hydroxyl groups excluding tert-OH is 3. The third-order valence-electron chi connectivity index (χ3n) is 7.20. The van der Waals surface area contributed by atoms with Gasteiger partial charge in [0.1, 0.15) is 17.2 Å². The molecule has 212 valence electrons. The smallest absolute Gasteiger partial charge is 0.131 e. The highest BCUT2D eigenvalue weighted by molar-refractivity contribution is 5.51. The van der Waals surface area contributed by atoms with Crippen LogP contribution in [-0.2, 0) is 19.3 Å². The SMILES string of the molecule is CCCc1c(OCCCOc2cccc3c2CCCC3)ccc(C(O)CCCCCO)c1OCCCCO. The largest absolute Gasteiger partial charge is 0.493 e. The van der Waals surface area contributed by atoms with Gasteiger partial charge in [-0.2, -0.15) is 0 Å². The predicted molar refractivity (Wildman–Crippen MR) is 151 cm³/mol. The van der Waals surface area contributed by atoms with Gasteiger partial charge in [-0.1, -0.05) is 38.3 Å². The molecule has 0 amide bonds. The Morgan fingerprint density at radius 1 is 0.763 bits per heavy atom. The van der Waals surface area contributed by atoms with Gasteiger partial charge in [-0.25, -0.2) is 0 Å². The fourth-order valence-electron chi connectivity index (χ4n) is 5.16.